The molecule has 1 aliphatic heterocycles. The van der Waals surface area contributed by atoms with Crippen LogP contribution in [0.25, 0.3) is 0 Å². The maximum Gasteiger partial charge on any atom is 0.254 e. The van der Waals surface area contributed by atoms with E-state index in [0.717, 1.165) is 6.42 Å². The normalized spacial score (nSPS) is 36.4. The highest BCUT2D eigenvalue weighted by Gasteiger charge is 2.54. The topological polar surface area (TPSA) is 92.8 Å². The van der Waals surface area contributed by atoms with Crippen molar-refractivity contribution in [3.8, 4) is 0 Å². The highest BCUT2D eigenvalue weighted by molar-refractivity contribution is 5.84. The molecule has 18 heavy (non-hydrogen) atoms. The third kappa shape index (κ3) is 2.84. The van der Waals surface area contributed by atoms with Gasteiger partial charge in [0.05, 0.1) is 6.10 Å². The molecule has 106 valence electrons. The molecule has 1 rings (SSSR count). The zero-order valence-corrected chi connectivity index (χ0v) is 11.6. The van der Waals surface area contributed by atoms with E-state index < -0.39 is 17.3 Å². The molecule has 0 aliphatic carbocycles. The number of nitrogens with two attached hydrogens (primary N) is 1. The van der Waals surface area contributed by atoms with Crippen molar-refractivity contribution in [2.75, 3.05) is 0 Å². The van der Waals surface area contributed by atoms with Gasteiger partial charge in [-0.25, -0.2) is 0 Å². The Kier molecular flexibility index (Phi) is 4.41. The van der Waals surface area contributed by atoms with Gasteiger partial charge in [-0.1, -0.05) is 13.8 Å². The Morgan fingerprint density at radius 3 is 2.56 bits per heavy atom. The van der Waals surface area contributed by atoms with Gasteiger partial charge in [-0.2, -0.15) is 0 Å². The van der Waals surface area contributed by atoms with Crippen LogP contribution in [0, 0.1) is 11.8 Å². The molecule has 0 aromatic rings. The summed E-state index contributed by atoms with van der Waals surface area (Å²) in [5.41, 5.74) is 3.05. The van der Waals surface area contributed by atoms with Gasteiger partial charge in [0, 0.05) is 6.42 Å². The highest BCUT2D eigenvalue weighted by Crippen LogP contribution is 2.39. The zero-order valence-electron chi connectivity index (χ0n) is 11.6. The predicted octanol–water partition coefficient (Wildman–Crippen LogP) is 0.772. The summed E-state index contributed by atoms with van der Waals surface area (Å²) in [5.74, 6) is -1.98. The number of rotatable bonds is 4. The number of carbonyl (C=O) groups is 1. The molecule has 1 aliphatic rings. The summed E-state index contributed by atoms with van der Waals surface area (Å²) in [4.78, 5) is 11.2. The minimum absolute atomic E-state index is 0.211. The number of carbonyl (C=O) groups excluding carboxylic acids is 1. The van der Waals surface area contributed by atoms with Crippen molar-refractivity contribution < 1.29 is 19.7 Å². The Labute approximate surface area is 108 Å². The predicted molar refractivity (Wildman–Crippen MR) is 67.5 cm³/mol. The van der Waals surface area contributed by atoms with Crippen molar-refractivity contribution in [2.24, 2.45) is 17.6 Å². The van der Waals surface area contributed by atoms with Crippen molar-refractivity contribution in [1.82, 2.24) is 0 Å². The molecule has 4 unspecified atom stereocenters. The smallest absolute Gasteiger partial charge is 0.254 e. The largest absolute Gasteiger partial charge is 0.376 e. The van der Waals surface area contributed by atoms with Gasteiger partial charge >= 0.3 is 0 Å². The Balaban J connectivity index is 2.78. The molecule has 1 amide bonds. The van der Waals surface area contributed by atoms with Crippen LogP contribution in [0.1, 0.15) is 47.0 Å². The third-order valence-electron chi connectivity index (χ3n) is 3.91. The lowest BCUT2D eigenvalue weighted by Gasteiger charge is -2.46. The van der Waals surface area contributed by atoms with Gasteiger partial charge in [0.25, 0.3) is 5.91 Å². The molecule has 0 bridgehead atoms. The van der Waals surface area contributed by atoms with E-state index in [4.69, 9.17) is 10.5 Å². The van der Waals surface area contributed by atoms with Gasteiger partial charge in [-0.3, -0.25) is 4.79 Å². The maximum absolute atomic E-state index is 11.2. The second-order valence-electron chi connectivity index (χ2n) is 5.97. The van der Waals surface area contributed by atoms with E-state index >= 15 is 0 Å². The van der Waals surface area contributed by atoms with Crippen LogP contribution >= 0.6 is 0 Å². The Hall–Kier alpha value is -0.650. The van der Waals surface area contributed by atoms with Crippen LogP contribution in [-0.2, 0) is 9.53 Å². The van der Waals surface area contributed by atoms with Crippen LogP contribution in [0.5, 0.6) is 0 Å². The number of ether oxygens (including phenoxy) is 1. The molecule has 0 aromatic heterocycles. The minimum atomic E-state index is -2.07. The van der Waals surface area contributed by atoms with E-state index in [2.05, 4.69) is 13.8 Å². The van der Waals surface area contributed by atoms with Crippen LogP contribution in [0.4, 0.5) is 0 Å². The van der Waals surface area contributed by atoms with Gasteiger partial charge in [0.2, 0.25) is 5.79 Å². The van der Waals surface area contributed by atoms with Crippen LogP contribution in [-0.4, -0.2) is 33.6 Å². The molecule has 5 nitrogen and oxygen atoms in total. The molecular formula is C13H25NO4. The number of aliphatic hydroxyl groups is 2. The Bertz CT molecular complexity index is 316. The first-order chi connectivity index (χ1) is 8.10. The standard InChI is InChI=1S/C13H25NO4/c1-8(2)7-10-5-6-13(17,18-9(10)3)12(4,16)11(14)15/h8-10,16-17H,5-7H2,1-4H3,(H2,14,15). The second-order valence-corrected chi connectivity index (χ2v) is 5.97. The first kappa shape index (κ1) is 15.4. The van der Waals surface area contributed by atoms with Crippen LogP contribution in [0.3, 0.4) is 0 Å². The lowest BCUT2D eigenvalue weighted by molar-refractivity contribution is -0.325. The van der Waals surface area contributed by atoms with Gasteiger partial charge in [-0.05, 0) is 38.5 Å². The maximum atomic E-state index is 11.2. The third-order valence-corrected chi connectivity index (χ3v) is 3.91. The van der Waals surface area contributed by atoms with Crippen molar-refractivity contribution >= 4 is 5.91 Å². The van der Waals surface area contributed by atoms with Gasteiger partial charge in [-0.15, -0.1) is 0 Å². The summed E-state index contributed by atoms with van der Waals surface area (Å²) >= 11 is 0. The molecule has 0 spiro atoms. The average Bonchev–Trinajstić information content (AvgIpc) is 2.21. The SMILES string of the molecule is CC(C)CC1CCC(O)(C(C)(O)C(N)=O)OC1C. The fraction of sp³-hybridized carbons (Fsp3) is 0.923. The summed E-state index contributed by atoms with van der Waals surface area (Å²) < 4.78 is 5.52. The van der Waals surface area contributed by atoms with Crippen molar-refractivity contribution in [1.29, 1.82) is 0 Å². The lowest BCUT2D eigenvalue weighted by atomic mass is 9.80. The van der Waals surface area contributed by atoms with E-state index in [-0.39, 0.29) is 12.5 Å². The van der Waals surface area contributed by atoms with Crippen molar-refractivity contribution in [2.45, 2.75) is 64.4 Å². The molecule has 1 heterocycles. The van der Waals surface area contributed by atoms with Gasteiger partial charge in [0.1, 0.15) is 0 Å². The molecule has 0 radical (unpaired) electrons. The van der Waals surface area contributed by atoms with E-state index in [1.807, 2.05) is 6.92 Å². The number of amides is 1. The summed E-state index contributed by atoms with van der Waals surface area (Å²) in [6.45, 7) is 7.32. The van der Waals surface area contributed by atoms with E-state index in [9.17, 15) is 15.0 Å². The Morgan fingerprint density at radius 1 is 1.61 bits per heavy atom. The summed E-state index contributed by atoms with van der Waals surface area (Å²) in [6.07, 6.45) is 1.71. The summed E-state index contributed by atoms with van der Waals surface area (Å²) in [6, 6.07) is 0. The number of hydrogen-bond donors (Lipinski definition) is 3. The first-order valence-corrected chi connectivity index (χ1v) is 6.52. The fourth-order valence-electron chi connectivity index (χ4n) is 2.54. The van der Waals surface area contributed by atoms with Crippen LogP contribution in [0.15, 0.2) is 0 Å². The molecular weight excluding hydrogens is 234 g/mol. The average molecular weight is 259 g/mol. The van der Waals surface area contributed by atoms with Gasteiger partial charge in [0.15, 0.2) is 5.60 Å². The zero-order chi connectivity index (χ0) is 14.1. The van der Waals surface area contributed by atoms with Gasteiger partial charge < -0.3 is 20.7 Å². The lowest BCUT2D eigenvalue weighted by Crippen LogP contribution is -2.64. The summed E-state index contributed by atoms with van der Waals surface area (Å²) in [7, 11) is 0. The number of primary amides is 1. The van der Waals surface area contributed by atoms with Crippen molar-refractivity contribution in [3.63, 3.8) is 0 Å². The first-order valence-electron chi connectivity index (χ1n) is 6.52. The van der Waals surface area contributed by atoms with Crippen LogP contribution < -0.4 is 5.73 Å². The molecule has 4 atom stereocenters. The summed E-state index contributed by atoms with van der Waals surface area (Å²) in [5, 5.41) is 20.3. The van der Waals surface area contributed by atoms with E-state index in [0.29, 0.717) is 18.3 Å². The quantitative estimate of drug-likeness (QED) is 0.695. The second kappa shape index (κ2) is 5.15. The molecule has 0 saturated carbocycles. The fourth-order valence-corrected chi connectivity index (χ4v) is 2.54. The minimum Gasteiger partial charge on any atom is -0.376 e. The Morgan fingerprint density at radius 2 is 2.17 bits per heavy atom. The molecule has 4 N–H and O–H groups in total. The molecule has 0 aromatic carbocycles. The molecule has 1 fully saturated rings. The van der Waals surface area contributed by atoms with Crippen molar-refractivity contribution in [3.05, 3.63) is 0 Å². The molecule has 5 heteroatoms. The van der Waals surface area contributed by atoms with E-state index in [1.54, 1.807) is 0 Å². The van der Waals surface area contributed by atoms with E-state index in [1.165, 1.54) is 6.92 Å². The highest BCUT2D eigenvalue weighted by atomic mass is 16.6. The van der Waals surface area contributed by atoms with Crippen LogP contribution in [0.2, 0.25) is 0 Å². The molecule has 1 saturated heterocycles. The number of hydrogen-bond acceptors (Lipinski definition) is 4. The monoisotopic (exact) mass is 259 g/mol.